The Morgan fingerprint density at radius 1 is 1.35 bits per heavy atom. The zero-order valence-electron chi connectivity index (χ0n) is 9.78. The average Bonchev–Trinajstić information content (AvgIpc) is 2.62. The van der Waals surface area contributed by atoms with Gasteiger partial charge in [0.25, 0.3) is 0 Å². The predicted molar refractivity (Wildman–Crippen MR) is 67.2 cm³/mol. The SMILES string of the molecule is C=C1c2ccccc2[C@@]2(N=C=O)CCCC[C@@H]12. The summed E-state index contributed by atoms with van der Waals surface area (Å²) in [6.07, 6.45) is 6.15. The summed E-state index contributed by atoms with van der Waals surface area (Å²) in [6.45, 7) is 4.22. The van der Waals surface area contributed by atoms with Gasteiger partial charge in [-0.25, -0.2) is 4.79 Å². The van der Waals surface area contributed by atoms with E-state index in [9.17, 15) is 4.79 Å². The summed E-state index contributed by atoms with van der Waals surface area (Å²) in [5, 5.41) is 0. The Morgan fingerprint density at radius 2 is 2.18 bits per heavy atom. The molecule has 17 heavy (non-hydrogen) atoms. The fraction of sp³-hybridized carbons (Fsp3) is 0.400. The van der Waals surface area contributed by atoms with Gasteiger partial charge in [-0.1, -0.05) is 43.7 Å². The van der Waals surface area contributed by atoms with Crippen LogP contribution in [0.5, 0.6) is 0 Å². The number of isocyanates is 1. The van der Waals surface area contributed by atoms with Crippen LogP contribution in [0.15, 0.2) is 35.8 Å². The van der Waals surface area contributed by atoms with E-state index in [1.165, 1.54) is 17.5 Å². The van der Waals surface area contributed by atoms with Gasteiger partial charge in [-0.15, -0.1) is 0 Å². The molecule has 0 spiro atoms. The molecule has 1 aromatic rings. The van der Waals surface area contributed by atoms with Crippen LogP contribution in [0.25, 0.3) is 5.57 Å². The van der Waals surface area contributed by atoms with Gasteiger partial charge >= 0.3 is 0 Å². The highest BCUT2D eigenvalue weighted by Crippen LogP contribution is 2.56. The molecule has 0 aromatic heterocycles. The molecule has 1 aromatic carbocycles. The number of benzene rings is 1. The van der Waals surface area contributed by atoms with Crippen molar-refractivity contribution in [1.29, 1.82) is 0 Å². The van der Waals surface area contributed by atoms with Crippen molar-refractivity contribution in [1.82, 2.24) is 0 Å². The second kappa shape index (κ2) is 3.68. The number of nitrogens with zero attached hydrogens (tertiary/aromatic N) is 1. The van der Waals surface area contributed by atoms with Crippen LogP contribution in [-0.2, 0) is 10.3 Å². The minimum Gasteiger partial charge on any atom is -0.211 e. The molecule has 0 bridgehead atoms. The number of aliphatic imine (C=N–C) groups is 1. The summed E-state index contributed by atoms with van der Waals surface area (Å²) < 4.78 is 0. The van der Waals surface area contributed by atoms with Crippen LogP contribution in [-0.4, -0.2) is 6.08 Å². The fourth-order valence-electron chi connectivity index (χ4n) is 3.54. The van der Waals surface area contributed by atoms with Crippen molar-refractivity contribution in [3.05, 3.63) is 42.0 Å². The minimum absolute atomic E-state index is 0.301. The summed E-state index contributed by atoms with van der Waals surface area (Å²) in [6, 6.07) is 8.23. The second-order valence-electron chi connectivity index (χ2n) is 5.00. The van der Waals surface area contributed by atoms with Crippen molar-refractivity contribution in [2.45, 2.75) is 31.2 Å². The highest BCUT2D eigenvalue weighted by atomic mass is 16.1. The van der Waals surface area contributed by atoms with Gasteiger partial charge in [0.1, 0.15) is 5.54 Å². The fourth-order valence-corrected chi connectivity index (χ4v) is 3.54. The largest absolute Gasteiger partial charge is 0.235 e. The van der Waals surface area contributed by atoms with Gasteiger partial charge in [-0.05, 0) is 29.5 Å². The van der Waals surface area contributed by atoms with Crippen molar-refractivity contribution in [3.8, 4) is 0 Å². The van der Waals surface area contributed by atoms with Crippen LogP contribution in [0.2, 0.25) is 0 Å². The van der Waals surface area contributed by atoms with Crippen LogP contribution in [0, 0.1) is 5.92 Å². The van der Waals surface area contributed by atoms with Crippen molar-refractivity contribution < 1.29 is 4.79 Å². The van der Waals surface area contributed by atoms with E-state index >= 15 is 0 Å². The van der Waals surface area contributed by atoms with E-state index in [1.807, 2.05) is 12.1 Å². The molecule has 2 nitrogen and oxygen atoms in total. The molecule has 3 rings (SSSR count). The van der Waals surface area contributed by atoms with Gasteiger partial charge in [-0.3, -0.25) is 0 Å². The molecule has 2 heteroatoms. The summed E-state index contributed by atoms with van der Waals surface area (Å²) in [7, 11) is 0. The van der Waals surface area contributed by atoms with Gasteiger partial charge in [0.2, 0.25) is 6.08 Å². The van der Waals surface area contributed by atoms with E-state index in [0.717, 1.165) is 24.8 Å². The number of rotatable bonds is 1. The summed E-state index contributed by atoms with van der Waals surface area (Å²) in [5.41, 5.74) is 3.17. The lowest BCUT2D eigenvalue weighted by atomic mass is 9.72. The van der Waals surface area contributed by atoms with Gasteiger partial charge in [0.15, 0.2) is 0 Å². The lowest BCUT2D eigenvalue weighted by molar-refractivity contribution is 0.255. The first kappa shape index (κ1) is 10.5. The molecule has 0 aliphatic heterocycles. The minimum atomic E-state index is -0.353. The van der Waals surface area contributed by atoms with E-state index < -0.39 is 0 Å². The third kappa shape index (κ3) is 1.28. The molecule has 86 valence electrons. The Morgan fingerprint density at radius 3 is 3.00 bits per heavy atom. The molecule has 0 N–H and O–H groups in total. The molecule has 0 radical (unpaired) electrons. The summed E-state index contributed by atoms with van der Waals surface area (Å²) >= 11 is 0. The van der Waals surface area contributed by atoms with Crippen molar-refractivity contribution in [3.63, 3.8) is 0 Å². The Balaban J connectivity index is 2.26. The number of carbonyl (C=O) groups excluding carboxylic acids is 1. The molecule has 1 fully saturated rings. The second-order valence-corrected chi connectivity index (χ2v) is 5.00. The molecule has 0 saturated heterocycles. The number of hydrogen-bond donors (Lipinski definition) is 0. The summed E-state index contributed by atoms with van der Waals surface area (Å²) in [5.74, 6) is 0.301. The maximum atomic E-state index is 10.8. The first-order valence-electron chi connectivity index (χ1n) is 6.17. The van der Waals surface area contributed by atoms with Crippen molar-refractivity contribution in [2.75, 3.05) is 0 Å². The standard InChI is InChI=1S/C15H15NO/c1-11-12-6-2-3-8-14(12)15(16-10-17)9-5-4-7-13(11)15/h2-3,6,8,13H,1,4-5,7,9H2/t13-,15+/m0/s1. The van der Waals surface area contributed by atoms with Crippen LogP contribution >= 0.6 is 0 Å². The average molecular weight is 225 g/mol. The summed E-state index contributed by atoms with van der Waals surface area (Å²) in [4.78, 5) is 15.0. The lowest BCUT2D eigenvalue weighted by Gasteiger charge is -2.35. The predicted octanol–water partition coefficient (Wildman–Crippen LogP) is 3.43. The van der Waals surface area contributed by atoms with Crippen molar-refractivity contribution in [2.24, 2.45) is 10.9 Å². The highest BCUT2D eigenvalue weighted by molar-refractivity contribution is 5.76. The maximum absolute atomic E-state index is 10.8. The maximum Gasteiger partial charge on any atom is 0.235 e. The normalized spacial score (nSPS) is 30.4. The van der Waals surface area contributed by atoms with Crippen LogP contribution < -0.4 is 0 Å². The topological polar surface area (TPSA) is 29.4 Å². The molecule has 2 aliphatic rings. The highest BCUT2D eigenvalue weighted by Gasteiger charge is 2.50. The number of hydrogen-bond acceptors (Lipinski definition) is 2. The number of fused-ring (bicyclic) bond motifs is 3. The lowest BCUT2D eigenvalue weighted by Crippen LogP contribution is -2.32. The molecule has 0 heterocycles. The van der Waals surface area contributed by atoms with E-state index in [0.29, 0.717) is 5.92 Å². The van der Waals surface area contributed by atoms with E-state index in [2.05, 4.69) is 23.7 Å². The zero-order chi connectivity index (χ0) is 11.9. The molecular weight excluding hydrogens is 210 g/mol. The van der Waals surface area contributed by atoms with Crippen LogP contribution in [0.1, 0.15) is 36.8 Å². The smallest absolute Gasteiger partial charge is 0.211 e. The van der Waals surface area contributed by atoms with Crippen LogP contribution in [0.4, 0.5) is 0 Å². The molecule has 2 atom stereocenters. The quantitative estimate of drug-likeness (QED) is 0.532. The molecule has 0 unspecified atom stereocenters. The Kier molecular flexibility index (Phi) is 2.27. The van der Waals surface area contributed by atoms with Crippen molar-refractivity contribution >= 4 is 11.7 Å². The van der Waals surface area contributed by atoms with E-state index in [4.69, 9.17) is 0 Å². The monoisotopic (exact) mass is 225 g/mol. The van der Waals surface area contributed by atoms with Gasteiger partial charge < -0.3 is 0 Å². The Bertz CT molecular complexity index is 527. The molecular formula is C15H15NO. The van der Waals surface area contributed by atoms with Gasteiger partial charge in [0, 0.05) is 5.92 Å². The Hall–Kier alpha value is -1.66. The molecule has 0 amide bonds. The molecule has 1 saturated carbocycles. The zero-order valence-corrected chi connectivity index (χ0v) is 9.78. The van der Waals surface area contributed by atoms with Crippen LogP contribution in [0.3, 0.4) is 0 Å². The van der Waals surface area contributed by atoms with Gasteiger partial charge in [-0.2, -0.15) is 4.99 Å². The molecule has 2 aliphatic carbocycles. The third-order valence-corrected chi connectivity index (χ3v) is 4.28. The third-order valence-electron chi connectivity index (χ3n) is 4.28. The first-order valence-corrected chi connectivity index (χ1v) is 6.17. The first-order chi connectivity index (χ1) is 8.29. The van der Waals surface area contributed by atoms with E-state index in [1.54, 1.807) is 6.08 Å². The van der Waals surface area contributed by atoms with E-state index in [-0.39, 0.29) is 5.54 Å². The van der Waals surface area contributed by atoms with Gasteiger partial charge in [0.05, 0.1) is 0 Å². The Labute approximate surface area is 101 Å².